The van der Waals surface area contributed by atoms with Gasteiger partial charge in [0.05, 0.1) is 21.8 Å². The van der Waals surface area contributed by atoms with E-state index in [2.05, 4.69) is 5.32 Å². The Morgan fingerprint density at radius 3 is 2.67 bits per heavy atom. The third-order valence-corrected chi connectivity index (χ3v) is 5.33. The summed E-state index contributed by atoms with van der Waals surface area (Å²) in [5.74, 6) is -0.925. The number of carbonyl (C=O) groups excluding carboxylic acids is 2. The first-order valence-corrected chi connectivity index (χ1v) is 9.23. The van der Waals surface area contributed by atoms with Crippen molar-refractivity contribution in [2.75, 3.05) is 5.32 Å². The molecule has 0 fully saturated rings. The molecular formula is C21H18ClN3O2. The van der Waals surface area contributed by atoms with Gasteiger partial charge in [0.1, 0.15) is 0 Å². The van der Waals surface area contributed by atoms with Crippen LogP contribution in [0.25, 0.3) is 10.9 Å². The second-order valence-corrected chi connectivity index (χ2v) is 7.03. The number of anilines is 1. The van der Waals surface area contributed by atoms with Gasteiger partial charge in [0.25, 0.3) is 11.8 Å². The molecule has 0 unspecified atom stereocenters. The van der Waals surface area contributed by atoms with Crippen molar-refractivity contribution in [1.82, 2.24) is 4.98 Å². The SMILES string of the molecule is NC(=O)c1ccccc1NC(=O)c1ccc2c(Cl)c3c(nc2c1)CCCC3. The third-order valence-electron chi connectivity index (χ3n) is 4.90. The molecule has 4 rings (SSSR count). The number of carbonyl (C=O) groups is 2. The highest BCUT2D eigenvalue weighted by atomic mass is 35.5. The van der Waals surface area contributed by atoms with E-state index < -0.39 is 5.91 Å². The molecule has 3 aromatic rings. The molecule has 0 spiro atoms. The molecule has 0 radical (unpaired) electrons. The minimum atomic E-state index is -0.593. The van der Waals surface area contributed by atoms with Crippen LogP contribution in [0.2, 0.25) is 5.02 Å². The van der Waals surface area contributed by atoms with Crippen LogP contribution in [0.1, 0.15) is 44.8 Å². The molecule has 0 saturated heterocycles. The van der Waals surface area contributed by atoms with E-state index >= 15 is 0 Å². The normalized spacial score (nSPS) is 13.2. The van der Waals surface area contributed by atoms with Crippen molar-refractivity contribution < 1.29 is 9.59 Å². The number of halogens is 1. The van der Waals surface area contributed by atoms with Gasteiger partial charge < -0.3 is 11.1 Å². The van der Waals surface area contributed by atoms with Gasteiger partial charge in [-0.2, -0.15) is 0 Å². The fourth-order valence-electron chi connectivity index (χ4n) is 3.51. The molecule has 5 nitrogen and oxygen atoms in total. The first kappa shape index (κ1) is 17.5. The van der Waals surface area contributed by atoms with E-state index in [4.69, 9.17) is 22.3 Å². The summed E-state index contributed by atoms with van der Waals surface area (Å²) < 4.78 is 0. The minimum absolute atomic E-state index is 0.266. The summed E-state index contributed by atoms with van der Waals surface area (Å²) in [4.78, 5) is 29.0. The van der Waals surface area contributed by atoms with Gasteiger partial charge in [0, 0.05) is 16.6 Å². The summed E-state index contributed by atoms with van der Waals surface area (Å²) in [6.45, 7) is 0. The molecule has 0 saturated carbocycles. The van der Waals surface area contributed by atoms with Crippen molar-refractivity contribution in [1.29, 1.82) is 0 Å². The molecule has 1 aliphatic carbocycles. The maximum atomic E-state index is 12.7. The van der Waals surface area contributed by atoms with Crippen LogP contribution >= 0.6 is 11.6 Å². The lowest BCUT2D eigenvalue weighted by molar-refractivity contribution is 0.100. The number of nitrogens with two attached hydrogens (primary N) is 1. The average Bonchev–Trinajstić information content (AvgIpc) is 2.68. The van der Waals surface area contributed by atoms with Crippen molar-refractivity contribution in [3.05, 3.63) is 69.9 Å². The Morgan fingerprint density at radius 1 is 1.07 bits per heavy atom. The van der Waals surface area contributed by atoms with E-state index in [1.54, 1.807) is 36.4 Å². The van der Waals surface area contributed by atoms with E-state index in [0.717, 1.165) is 47.3 Å². The Bertz CT molecular complexity index is 1080. The number of para-hydroxylation sites is 1. The van der Waals surface area contributed by atoms with Gasteiger partial charge in [-0.1, -0.05) is 29.8 Å². The summed E-state index contributed by atoms with van der Waals surface area (Å²) in [7, 11) is 0. The lowest BCUT2D eigenvalue weighted by Crippen LogP contribution is -2.18. The van der Waals surface area contributed by atoms with Gasteiger partial charge in [0.15, 0.2) is 0 Å². The van der Waals surface area contributed by atoms with Gasteiger partial charge >= 0.3 is 0 Å². The molecule has 0 aliphatic heterocycles. The van der Waals surface area contributed by atoms with Gasteiger partial charge in [-0.05, 0) is 55.5 Å². The molecule has 2 amide bonds. The lowest BCUT2D eigenvalue weighted by Gasteiger charge is -2.18. The number of fused-ring (bicyclic) bond motifs is 2. The topological polar surface area (TPSA) is 85.1 Å². The van der Waals surface area contributed by atoms with Crippen LogP contribution < -0.4 is 11.1 Å². The molecule has 3 N–H and O–H groups in total. The van der Waals surface area contributed by atoms with Crippen LogP contribution in [0, 0.1) is 0 Å². The van der Waals surface area contributed by atoms with Crippen LogP contribution in [-0.4, -0.2) is 16.8 Å². The van der Waals surface area contributed by atoms with Crippen LogP contribution in [0.5, 0.6) is 0 Å². The molecule has 136 valence electrons. The monoisotopic (exact) mass is 379 g/mol. The predicted molar refractivity (Wildman–Crippen MR) is 106 cm³/mol. The maximum Gasteiger partial charge on any atom is 0.255 e. The third kappa shape index (κ3) is 3.26. The molecule has 2 aromatic carbocycles. The Morgan fingerprint density at radius 2 is 1.85 bits per heavy atom. The zero-order valence-corrected chi connectivity index (χ0v) is 15.3. The summed E-state index contributed by atoms with van der Waals surface area (Å²) >= 11 is 6.58. The second kappa shape index (κ2) is 7.00. The fourth-order valence-corrected chi connectivity index (χ4v) is 3.87. The molecule has 6 heteroatoms. The van der Waals surface area contributed by atoms with Crippen molar-refractivity contribution in [3.63, 3.8) is 0 Å². The highest BCUT2D eigenvalue weighted by Crippen LogP contribution is 2.33. The van der Waals surface area contributed by atoms with Gasteiger partial charge in [-0.25, -0.2) is 0 Å². The van der Waals surface area contributed by atoms with E-state index in [1.807, 2.05) is 6.07 Å². The number of aryl methyl sites for hydroxylation is 1. The molecule has 1 aromatic heterocycles. The zero-order valence-electron chi connectivity index (χ0n) is 14.6. The van der Waals surface area contributed by atoms with Crippen molar-refractivity contribution >= 4 is 40.0 Å². The number of nitrogens with one attached hydrogen (secondary N) is 1. The zero-order chi connectivity index (χ0) is 19.0. The Hall–Kier alpha value is -2.92. The lowest BCUT2D eigenvalue weighted by atomic mass is 9.94. The number of hydrogen-bond donors (Lipinski definition) is 2. The summed E-state index contributed by atoms with van der Waals surface area (Å²) in [5, 5.41) is 4.34. The number of rotatable bonds is 3. The van der Waals surface area contributed by atoms with E-state index in [1.165, 1.54) is 0 Å². The van der Waals surface area contributed by atoms with Crippen molar-refractivity contribution in [2.45, 2.75) is 25.7 Å². The number of pyridine rings is 1. The fraction of sp³-hybridized carbons (Fsp3) is 0.190. The predicted octanol–water partition coefficient (Wildman–Crippen LogP) is 4.12. The Labute approximate surface area is 161 Å². The van der Waals surface area contributed by atoms with Gasteiger partial charge in [-0.3, -0.25) is 14.6 Å². The number of aromatic nitrogens is 1. The summed E-state index contributed by atoms with van der Waals surface area (Å²) in [5.41, 5.74) is 9.32. The molecule has 0 atom stereocenters. The van der Waals surface area contributed by atoms with Crippen molar-refractivity contribution in [2.24, 2.45) is 5.73 Å². The maximum absolute atomic E-state index is 12.7. The molecule has 0 bridgehead atoms. The van der Waals surface area contributed by atoms with Crippen LogP contribution in [0.4, 0.5) is 5.69 Å². The molecule has 27 heavy (non-hydrogen) atoms. The van der Waals surface area contributed by atoms with E-state index in [0.29, 0.717) is 16.8 Å². The first-order chi connectivity index (χ1) is 13.0. The molecule has 1 aliphatic rings. The first-order valence-electron chi connectivity index (χ1n) is 8.86. The highest BCUT2D eigenvalue weighted by Gasteiger charge is 2.18. The highest BCUT2D eigenvalue weighted by molar-refractivity contribution is 6.36. The Kier molecular flexibility index (Phi) is 4.54. The number of primary amides is 1. The van der Waals surface area contributed by atoms with E-state index in [-0.39, 0.29) is 11.5 Å². The van der Waals surface area contributed by atoms with Gasteiger partial charge in [0.2, 0.25) is 0 Å². The summed E-state index contributed by atoms with van der Waals surface area (Å²) in [6.07, 6.45) is 4.09. The van der Waals surface area contributed by atoms with Crippen molar-refractivity contribution in [3.8, 4) is 0 Å². The standard InChI is InChI=1S/C21H18ClN3O2/c22-19-13-5-1-3-7-16(13)24-18-11-12(9-10-14(18)19)21(27)25-17-8-4-2-6-15(17)20(23)26/h2,4,6,8-11H,1,3,5,7H2,(H2,23,26)(H,25,27). The second-order valence-electron chi connectivity index (χ2n) is 6.65. The number of amides is 2. The number of benzene rings is 2. The number of hydrogen-bond acceptors (Lipinski definition) is 3. The van der Waals surface area contributed by atoms with Gasteiger partial charge in [-0.15, -0.1) is 0 Å². The summed E-state index contributed by atoms with van der Waals surface area (Å²) in [6, 6.07) is 11.9. The van der Waals surface area contributed by atoms with Crippen LogP contribution in [0.15, 0.2) is 42.5 Å². The quantitative estimate of drug-likeness (QED) is 0.717. The molecule has 1 heterocycles. The average molecular weight is 380 g/mol. The van der Waals surface area contributed by atoms with Crippen LogP contribution in [-0.2, 0) is 12.8 Å². The molecular weight excluding hydrogens is 362 g/mol. The number of nitrogens with zero attached hydrogens (tertiary/aromatic N) is 1. The minimum Gasteiger partial charge on any atom is -0.366 e. The smallest absolute Gasteiger partial charge is 0.255 e. The largest absolute Gasteiger partial charge is 0.366 e. The van der Waals surface area contributed by atoms with Crippen LogP contribution in [0.3, 0.4) is 0 Å². The Balaban J connectivity index is 1.70. The van der Waals surface area contributed by atoms with E-state index in [9.17, 15) is 9.59 Å².